The van der Waals surface area contributed by atoms with Crippen molar-refractivity contribution < 1.29 is 19.1 Å². The summed E-state index contributed by atoms with van der Waals surface area (Å²) < 4.78 is 8.64. The minimum absolute atomic E-state index is 0.152. The fourth-order valence-corrected chi connectivity index (χ4v) is 0.392. The second-order valence-electron chi connectivity index (χ2n) is 1.59. The van der Waals surface area contributed by atoms with Gasteiger partial charge in [-0.25, -0.2) is 4.79 Å². The highest BCUT2D eigenvalue weighted by Gasteiger charge is 1.96. The molecule has 0 aliphatic rings. The summed E-state index contributed by atoms with van der Waals surface area (Å²) in [6.45, 7) is -0.152. The van der Waals surface area contributed by atoms with Crippen LogP contribution in [-0.4, -0.2) is 31.5 Å². The molecule has 0 atom stereocenters. The number of carbonyl (C=O) groups excluding carboxylic acids is 2. The average molecular weight is 191 g/mol. The van der Waals surface area contributed by atoms with Gasteiger partial charge in [0.1, 0.15) is 5.88 Å². The van der Waals surface area contributed by atoms with E-state index in [4.69, 9.17) is 11.6 Å². The molecule has 5 heteroatoms. The summed E-state index contributed by atoms with van der Waals surface area (Å²) in [5.41, 5.74) is 0. The Morgan fingerprint density at radius 2 is 2.17 bits per heavy atom. The largest absolute Gasteiger partial charge is 0.459 e. The van der Waals surface area contributed by atoms with E-state index in [0.29, 0.717) is 0 Å². The zero-order chi connectivity index (χ0) is 9.40. The summed E-state index contributed by atoms with van der Waals surface area (Å²) in [6.07, 6.45) is 0. The first-order valence-electron chi connectivity index (χ1n) is 2.99. The van der Waals surface area contributed by atoms with Crippen molar-refractivity contribution in [1.82, 2.24) is 0 Å². The van der Waals surface area contributed by atoms with E-state index in [2.05, 4.69) is 21.3 Å². The minimum Gasteiger partial charge on any atom is -0.459 e. The van der Waals surface area contributed by atoms with Crippen molar-refractivity contribution in [2.45, 2.75) is 0 Å². The Bertz CT molecular complexity index is 225. The Morgan fingerprint density at radius 3 is 2.67 bits per heavy atom. The second kappa shape index (κ2) is 6.50. The Morgan fingerprint density at radius 1 is 1.50 bits per heavy atom. The molecule has 0 heterocycles. The molecular weight excluding hydrogens is 184 g/mol. The summed E-state index contributed by atoms with van der Waals surface area (Å²) >= 11 is 5.11. The van der Waals surface area contributed by atoms with E-state index in [1.54, 1.807) is 0 Å². The number of esters is 2. The third kappa shape index (κ3) is 5.57. The van der Waals surface area contributed by atoms with Crippen molar-refractivity contribution in [2.24, 2.45) is 0 Å². The highest BCUT2D eigenvalue weighted by Crippen LogP contribution is 1.80. The molecule has 0 saturated carbocycles. The van der Waals surface area contributed by atoms with Gasteiger partial charge in [-0.3, -0.25) is 4.79 Å². The maximum Gasteiger partial charge on any atom is 0.384 e. The van der Waals surface area contributed by atoms with Gasteiger partial charge in [0.05, 0.1) is 7.11 Å². The summed E-state index contributed by atoms with van der Waals surface area (Å²) in [5, 5.41) is 0. The first-order valence-corrected chi connectivity index (χ1v) is 3.52. The van der Waals surface area contributed by atoms with Gasteiger partial charge >= 0.3 is 11.9 Å². The van der Waals surface area contributed by atoms with E-state index in [-0.39, 0.29) is 12.5 Å². The van der Waals surface area contributed by atoms with Crippen molar-refractivity contribution in [3.05, 3.63) is 0 Å². The predicted octanol–water partition coefficient (Wildman–Crippen LogP) is -0.0552. The van der Waals surface area contributed by atoms with Gasteiger partial charge in [0.2, 0.25) is 0 Å². The smallest absolute Gasteiger partial charge is 0.384 e. The third-order valence-electron chi connectivity index (χ3n) is 0.790. The molecule has 0 aliphatic heterocycles. The average Bonchev–Trinajstić information content (AvgIpc) is 2.11. The molecule has 0 radical (unpaired) electrons. The van der Waals surface area contributed by atoms with Crippen molar-refractivity contribution in [3.63, 3.8) is 0 Å². The number of methoxy groups -OCH3 is 1. The summed E-state index contributed by atoms with van der Waals surface area (Å²) in [6, 6.07) is 0. The Hall–Kier alpha value is -1.21. The van der Waals surface area contributed by atoms with Crippen LogP contribution in [0.2, 0.25) is 0 Å². The number of carbonyl (C=O) groups is 2. The van der Waals surface area contributed by atoms with E-state index in [9.17, 15) is 9.59 Å². The van der Waals surface area contributed by atoms with Gasteiger partial charge in [0.15, 0.2) is 6.61 Å². The van der Waals surface area contributed by atoms with Crippen LogP contribution in [0.15, 0.2) is 0 Å². The topological polar surface area (TPSA) is 52.6 Å². The van der Waals surface area contributed by atoms with Gasteiger partial charge in [0.25, 0.3) is 0 Å². The number of alkyl halides is 1. The normalized spacial score (nSPS) is 7.83. The number of ether oxygens (including phenoxy) is 2. The molecule has 0 fully saturated rings. The predicted molar refractivity (Wildman–Crippen MR) is 41.5 cm³/mol. The monoisotopic (exact) mass is 190 g/mol. The van der Waals surface area contributed by atoms with E-state index in [1.165, 1.54) is 7.11 Å². The van der Waals surface area contributed by atoms with Crippen molar-refractivity contribution in [1.29, 1.82) is 0 Å². The van der Waals surface area contributed by atoms with Crippen LogP contribution in [0.4, 0.5) is 0 Å². The lowest BCUT2D eigenvalue weighted by Crippen LogP contribution is -2.05. The molecule has 0 spiro atoms. The molecular formula is C7H7ClO4. The zero-order valence-corrected chi connectivity index (χ0v) is 7.18. The molecule has 4 nitrogen and oxygen atoms in total. The van der Waals surface area contributed by atoms with Crippen LogP contribution in [0.1, 0.15) is 0 Å². The fraction of sp³-hybridized carbons (Fsp3) is 0.429. The van der Waals surface area contributed by atoms with Crippen molar-refractivity contribution in [3.8, 4) is 11.8 Å². The minimum atomic E-state index is -0.670. The number of halogens is 1. The SMILES string of the molecule is COC(=O)C#CCOC(=O)CCl. The van der Waals surface area contributed by atoms with E-state index >= 15 is 0 Å². The lowest BCUT2D eigenvalue weighted by Gasteiger charge is -1.93. The molecule has 0 aliphatic carbocycles. The van der Waals surface area contributed by atoms with Crippen LogP contribution >= 0.6 is 11.6 Å². The van der Waals surface area contributed by atoms with Crippen LogP contribution in [0.25, 0.3) is 0 Å². The van der Waals surface area contributed by atoms with Crippen molar-refractivity contribution in [2.75, 3.05) is 19.6 Å². The molecule has 0 amide bonds. The quantitative estimate of drug-likeness (QED) is 0.265. The lowest BCUT2D eigenvalue weighted by molar-refractivity contribution is -0.139. The van der Waals surface area contributed by atoms with Gasteiger partial charge in [-0.1, -0.05) is 0 Å². The van der Waals surface area contributed by atoms with Crippen LogP contribution in [-0.2, 0) is 19.1 Å². The van der Waals surface area contributed by atoms with Crippen LogP contribution in [0.5, 0.6) is 0 Å². The van der Waals surface area contributed by atoms with Crippen LogP contribution in [0, 0.1) is 11.8 Å². The summed E-state index contributed by atoms with van der Waals surface area (Å²) in [7, 11) is 1.21. The van der Waals surface area contributed by atoms with Crippen LogP contribution in [0.3, 0.4) is 0 Å². The van der Waals surface area contributed by atoms with Gasteiger partial charge in [-0.2, -0.15) is 0 Å². The van der Waals surface area contributed by atoms with E-state index in [0.717, 1.165) is 0 Å². The van der Waals surface area contributed by atoms with E-state index in [1.807, 2.05) is 0 Å². The van der Waals surface area contributed by atoms with Crippen LogP contribution < -0.4 is 0 Å². The standard InChI is InChI=1S/C7H7ClO4/c1-11-6(9)3-2-4-12-7(10)5-8/h4-5H2,1H3. The molecule has 66 valence electrons. The lowest BCUT2D eigenvalue weighted by atomic mass is 10.6. The highest BCUT2D eigenvalue weighted by atomic mass is 35.5. The van der Waals surface area contributed by atoms with Gasteiger partial charge in [0, 0.05) is 5.92 Å². The first-order chi connectivity index (χ1) is 5.70. The molecule has 0 aromatic carbocycles. The molecule has 0 aromatic heterocycles. The van der Waals surface area contributed by atoms with E-state index < -0.39 is 11.9 Å². The molecule has 0 saturated heterocycles. The molecule has 0 rings (SSSR count). The number of hydrogen-bond acceptors (Lipinski definition) is 4. The molecule has 0 N–H and O–H groups in total. The number of rotatable bonds is 2. The molecule has 12 heavy (non-hydrogen) atoms. The maximum absolute atomic E-state index is 10.4. The fourth-order valence-electron chi connectivity index (χ4n) is 0.314. The highest BCUT2D eigenvalue weighted by molar-refractivity contribution is 6.26. The first kappa shape index (κ1) is 10.8. The molecule has 0 unspecified atom stereocenters. The van der Waals surface area contributed by atoms with Gasteiger partial charge in [-0.15, -0.1) is 11.6 Å². The van der Waals surface area contributed by atoms with Gasteiger partial charge in [-0.05, 0) is 5.92 Å². The number of hydrogen-bond donors (Lipinski definition) is 0. The molecule has 0 aromatic rings. The Labute approximate surface area is 74.8 Å². The Kier molecular flexibility index (Phi) is 5.84. The maximum atomic E-state index is 10.4. The van der Waals surface area contributed by atoms with Gasteiger partial charge < -0.3 is 9.47 Å². The molecule has 0 bridgehead atoms. The summed E-state index contributed by atoms with van der Waals surface area (Å²) in [5.74, 6) is 2.89. The van der Waals surface area contributed by atoms with Crippen molar-refractivity contribution >= 4 is 23.5 Å². The second-order valence-corrected chi connectivity index (χ2v) is 1.85. The zero-order valence-electron chi connectivity index (χ0n) is 6.43. The Balaban J connectivity index is 3.59. The summed E-state index contributed by atoms with van der Waals surface area (Å²) in [4.78, 5) is 20.8. The third-order valence-corrected chi connectivity index (χ3v) is 1.01.